The van der Waals surface area contributed by atoms with Gasteiger partial charge in [0.25, 0.3) is 0 Å². The first kappa shape index (κ1) is 19.1. The molecule has 0 aliphatic carbocycles. The molecule has 0 spiro atoms. The van der Waals surface area contributed by atoms with Crippen molar-refractivity contribution in [2.75, 3.05) is 24.0 Å². The quantitative estimate of drug-likeness (QED) is 0.568. The summed E-state index contributed by atoms with van der Waals surface area (Å²) in [5, 5.41) is 6.85. The summed E-state index contributed by atoms with van der Waals surface area (Å²) in [4.78, 5) is 9.42. The molecule has 1 aliphatic rings. The molecule has 29 heavy (non-hydrogen) atoms. The highest BCUT2D eigenvalue weighted by Gasteiger charge is 2.13. The Morgan fingerprint density at radius 3 is 2.45 bits per heavy atom. The Labute approximate surface area is 171 Å². The van der Waals surface area contributed by atoms with E-state index in [-0.39, 0.29) is 6.79 Å². The van der Waals surface area contributed by atoms with E-state index >= 15 is 0 Å². The van der Waals surface area contributed by atoms with Crippen molar-refractivity contribution in [2.45, 2.75) is 26.8 Å². The number of nitrogens with zero attached hydrogens (tertiary/aromatic N) is 2. The van der Waals surface area contributed by atoms with E-state index in [9.17, 15) is 0 Å². The monoisotopic (exact) mass is 390 g/mol. The van der Waals surface area contributed by atoms with E-state index in [4.69, 9.17) is 19.4 Å². The minimum absolute atomic E-state index is 0.282. The van der Waals surface area contributed by atoms with Crippen LogP contribution in [-0.4, -0.2) is 23.3 Å². The Bertz CT molecular complexity index is 960. The Balaban J connectivity index is 1.52. The zero-order valence-electron chi connectivity index (χ0n) is 16.8. The van der Waals surface area contributed by atoms with E-state index in [2.05, 4.69) is 24.5 Å². The predicted octanol–water partition coefficient (Wildman–Crippen LogP) is 4.94. The van der Waals surface area contributed by atoms with Gasteiger partial charge in [0.2, 0.25) is 6.79 Å². The zero-order chi connectivity index (χ0) is 20.1. The first-order valence-corrected chi connectivity index (χ1v) is 9.98. The molecule has 0 saturated heterocycles. The van der Waals surface area contributed by atoms with E-state index in [1.54, 1.807) is 0 Å². The van der Waals surface area contributed by atoms with Gasteiger partial charge in [0, 0.05) is 24.7 Å². The summed E-state index contributed by atoms with van der Waals surface area (Å²) in [6.45, 7) is 6.23. The minimum atomic E-state index is 0.282. The molecule has 1 aromatic heterocycles. The van der Waals surface area contributed by atoms with Gasteiger partial charge in [-0.1, -0.05) is 50.2 Å². The van der Waals surface area contributed by atoms with Gasteiger partial charge < -0.3 is 20.1 Å². The number of anilines is 2. The zero-order valence-corrected chi connectivity index (χ0v) is 16.8. The third kappa shape index (κ3) is 4.96. The van der Waals surface area contributed by atoms with Crippen LogP contribution in [0.15, 0.2) is 54.6 Å². The maximum atomic E-state index is 5.47. The van der Waals surface area contributed by atoms with Gasteiger partial charge in [-0.25, -0.2) is 9.97 Å². The van der Waals surface area contributed by atoms with E-state index < -0.39 is 0 Å². The van der Waals surface area contributed by atoms with E-state index in [0.717, 1.165) is 47.2 Å². The number of aromatic nitrogens is 2. The van der Waals surface area contributed by atoms with Crippen LogP contribution in [0.4, 0.5) is 11.6 Å². The second-order valence-electron chi connectivity index (χ2n) is 7.48. The molecule has 3 aromatic rings. The molecule has 2 heterocycles. The lowest BCUT2D eigenvalue weighted by molar-refractivity contribution is 0.174. The van der Waals surface area contributed by atoms with E-state index in [0.29, 0.717) is 18.3 Å². The first-order chi connectivity index (χ1) is 14.2. The molecule has 0 atom stereocenters. The van der Waals surface area contributed by atoms with Gasteiger partial charge >= 0.3 is 0 Å². The lowest BCUT2D eigenvalue weighted by atomic mass is 10.1. The number of ether oxygens (including phenoxy) is 2. The molecular formula is C23H26N4O2. The normalized spacial score (nSPS) is 12.2. The second kappa shape index (κ2) is 8.82. The fourth-order valence-corrected chi connectivity index (χ4v) is 3.08. The summed E-state index contributed by atoms with van der Waals surface area (Å²) in [6, 6.07) is 18.0. The molecule has 6 heteroatoms. The van der Waals surface area contributed by atoms with Gasteiger partial charge in [0.1, 0.15) is 11.6 Å². The molecule has 150 valence electrons. The summed E-state index contributed by atoms with van der Waals surface area (Å²) in [6.07, 6.45) is 1.09. The fourth-order valence-electron chi connectivity index (χ4n) is 3.08. The Hall–Kier alpha value is -3.28. The van der Waals surface area contributed by atoms with Crippen LogP contribution in [0.5, 0.6) is 11.5 Å². The summed E-state index contributed by atoms with van der Waals surface area (Å²) in [5.74, 6) is 4.53. The number of rotatable bonds is 8. The van der Waals surface area contributed by atoms with Crippen molar-refractivity contribution >= 4 is 11.6 Å². The van der Waals surface area contributed by atoms with Crippen molar-refractivity contribution in [3.8, 4) is 22.9 Å². The standard InChI is InChI=1S/C23H26N4O2/c1-16(2)10-11-24-21-13-22(27-23(26-21)18-6-4-3-5-7-18)25-14-17-8-9-19-20(12-17)29-15-28-19/h3-9,12-13,16H,10-11,14-15H2,1-2H3,(H2,24,25,26,27). The molecule has 4 rings (SSSR count). The van der Waals surface area contributed by atoms with Crippen molar-refractivity contribution in [1.82, 2.24) is 9.97 Å². The molecule has 0 saturated carbocycles. The molecule has 0 radical (unpaired) electrons. The average molecular weight is 390 g/mol. The van der Waals surface area contributed by atoms with Crippen LogP contribution in [0.1, 0.15) is 25.8 Å². The van der Waals surface area contributed by atoms with Crippen LogP contribution < -0.4 is 20.1 Å². The third-order valence-electron chi connectivity index (χ3n) is 4.70. The molecular weight excluding hydrogens is 364 g/mol. The summed E-state index contributed by atoms with van der Waals surface area (Å²) in [7, 11) is 0. The molecule has 0 bridgehead atoms. The lowest BCUT2D eigenvalue weighted by Crippen LogP contribution is -2.09. The Morgan fingerprint density at radius 1 is 0.897 bits per heavy atom. The number of benzene rings is 2. The number of hydrogen-bond donors (Lipinski definition) is 2. The molecule has 1 aliphatic heterocycles. The maximum Gasteiger partial charge on any atom is 0.231 e. The molecule has 2 N–H and O–H groups in total. The van der Waals surface area contributed by atoms with E-state index in [1.807, 2.05) is 54.6 Å². The SMILES string of the molecule is CC(C)CCNc1cc(NCc2ccc3c(c2)OCO3)nc(-c2ccccc2)n1. The molecule has 0 fully saturated rings. The molecule has 0 amide bonds. The van der Waals surface area contributed by atoms with Gasteiger partial charge in [0.15, 0.2) is 17.3 Å². The first-order valence-electron chi connectivity index (χ1n) is 9.98. The van der Waals surface area contributed by atoms with Crippen molar-refractivity contribution in [1.29, 1.82) is 0 Å². The second-order valence-corrected chi connectivity index (χ2v) is 7.48. The topological polar surface area (TPSA) is 68.3 Å². The van der Waals surface area contributed by atoms with Crippen LogP contribution in [0.25, 0.3) is 11.4 Å². The van der Waals surface area contributed by atoms with Crippen LogP contribution in [0.3, 0.4) is 0 Å². The van der Waals surface area contributed by atoms with Gasteiger partial charge in [0.05, 0.1) is 0 Å². The summed E-state index contributed by atoms with van der Waals surface area (Å²) < 4.78 is 10.8. The average Bonchev–Trinajstić information content (AvgIpc) is 3.20. The fraction of sp³-hybridized carbons (Fsp3) is 0.304. The molecule has 6 nitrogen and oxygen atoms in total. The lowest BCUT2D eigenvalue weighted by Gasteiger charge is -2.13. The van der Waals surface area contributed by atoms with Gasteiger partial charge in [-0.15, -0.1) is 0 Å². The van der Waals surface area contributed by atoms with E-state index in [1.165, 1.54) is 0 Å². The summed E-state index contributed by atoms with van der Waals surface area (Å²) >= 11 is 0. The van der Waals surface area contributed by atoms with Crippen molar-refractivity contribution < 1.29 is 9.47 Å². The van der Waals surface area contributed by atoms with Crippen LogP contribution in [0, 0.1) is 5.92 Å². The van der Waals surface area contributed by atoms with Crippen molar-refractivity contribution in [2.24, 2.45) is 5.92 Å². The molecule has 0 unspecified atom stereocenters. The number of fused-ring (bicyclic) bond motifs is 1. The van der Waals surface area contributed by atoms with Crippen molar-refractivity contribution in [3.63, 3.8) is 0 Å². The Morgan fingerprint density at radius 2 is 1.66 bits per heavy atom. The highest BCUT2D eigenvalue weighted by atomic mass is 16.7. The minimum Gasteiger partial charge on any atom is -0.454 e. The predicted molar refractivity (Wildman–Crippen MR) is 115 cm³/mol. The van der Waals surface area contributed by atoms with Crippen molar-refractivity contribution in [3.05, 3.63) is 60.2 Å². The smallest absolute Gasteiger partial charge is 0.231 e. The highest BCUT2D eigenvalue weighted by molar-refractivity contribution is 5.61. The third-order valence-corrected chi connectivity index (χ3v) is 4.70. The number of hydrogen-bond acceptors (Lipinski definition) is 6. The van der Waals surface area contributed by atoms with Gasteiger partial charge in [-0.3, -0.25) is 0 Å². The highest BCUT2D eigenvalue weighted by Crippen LogP contribution is 2.32. The van der Waals surface area contributed by atoms with Gasteiger partial charge in [-0.2, -0.15) is 0 Å². The van der Waals surface area contributed by atoms with Crippen LogP contribution in [0.2, 0.25) is 0 Å². The van der Waals surface area contributed by atoms with Gasteiger partial charge in [-0.05, 0) is 30.0 Å². The molecule has 2 aromatic carbocycles. The van der Waals surface area contributed by atoms with Crippen LogP contribution in [-0.2, 0) is 6.54 Å². The number of nitrogens with one attached hydrogen (secondary N) is 2. The largest absolute Gasteiger partial charge is 0.454 e. The van der Waals surface area contributed by atoms with Crippen LogP contribution >= 0.6 is 0 Å². The maximum absolute atomic E-state index is 5.47. The summed E-state index contributed by atoms with van der Waals surface area (Å²) in [5.41, 5.74) is 2.09. The Kier molecular flexibility index (Phi) is 5.79.